The molecule has 0 aromatic rings. The summed E-state index contributed by atoms with van der Waals surface area (Å²) in [5.74, 6) is 0.954. The molecule has 0 aliphatic carbocycles. The number of nitrogens with one attached hydrogen (secondary N) is 1. The zero-order chi connectivity index (χ0) is 3.70. The molecule has 0 aromatic heterocycles. The van der Waals surface area contributed by atoms with E-state index in [-0.39, 0.29) is 24.8 Å². The van der Waals surface area contributed by atoms with Crippen molar-refractivity contribution >= 4 is 24.8 Å². The van der Waals surface area contributed by atoms with Gasteiger partial charge in [-0.15, -0.1) is 24.8 Å². The maximum absolute atomic E-state index is 3.16. The summed E-state index contributed by atoms with van der Waals surface area (Å²) in [6, 6.07) is 0. The molecule has 1 aliphatic rings. The normalized spacial score (nSPS) is 18.4. The Kier molecular flexibility index (Phi) is 7.04. The minimum atomic E-state index is 0. The van der Waals surface area contributed by atoms with Gasteiger partial charge in [-0.3, -0.25) is 0 Å². The predicted molar refractivity (Wildman–Crippen MR) is 36.5 cm³/mol. The first kappa shape index (κ1) is 10.5. The second-order valence-electron chi connectivity index (χ2n) is 1.76. The van der Waals surface area contributed by atoms with E-state index in [9.17, 15) is 0 Å². The van der Waals surface area contributed by atoms with Crippen LogP contribution >= 0.6 is 24.8 Å². The average Bonchev–Trinajstić information content (AvgIpc) is 1.30. The zero-order valence-electron chi connectivity index (χ0n) is 4.31. The summed E-state index contributed by atoms with van der Waals surface area (Å²) in [5, 5.41) is 3.16. The van der Waals surface area contributed by atoms with Gasteiger partial charge in [-0.05, 0) is 19.0 Å². The van der Waals surface area contributed by atoms with E-state index in [0.717, 1.165) is 5.92 Å². The molecule has 0 unspecified atom stereocenters. The third-order valence-electron chi connectivity index (χ3n) is 0.986. The molecule has 1 aliphatic heterocycles. The molecule has 0 bridgehead atoms. The Hall–Kier alpha value is 0.540. The van der Waals surface area contributed by atoms with Gasteiger partial charge in [-0.1, -0.05) is 6.92 Å². The van der Waals surface area contributed by atoms with Gasteiger partial charge >= 0.3 is 0 Å². The minimum absolute atomic E-state index is 0. The predicted octanol–water partition coefficient (Wildman–Crippen LogP) is 1.07. The van der Waals surface area contributed by atoms with Gasteiger partial charge in [0, 0.05) is 0 Å². The fourth-order valence-corrected chi connectivity index (χ4v) is 0.433. The summed E-state index contributed by atoms with van der Waals surface area (Å²) < 4.78 is 0. The Bertz CT molecular complexity index is 36.7. The van der Waals surface area contributed by atoms with Crippen molar-refractivity contribution in [3.63, 3.8) is 0 Å². The van der Waals surface area contributed by atoms with Crippen LogP contribution in [0.4, 0.5) is 0 Å². The van der Waals surface area contributed by atoms with Crippen molar-refractivity contribution in [1.29, 1.82) is 0 Å². The fourth-order valence-electron chi connectivity index (χ4n) is 0.433. The van der Waals surface area contributed by atoms with E-state index in [4.69, 9.17) is 0 Å². The molecular formula is C4H11Cl2N. The summed E-state index contributed by atoms with van der Waals surface area (Å²) in [4.78, 5) is 0. The van der Waals surface area contributed by atoms with Gasteiger partial charge < -0.3 is 5.32 Å². The van der Waals surface area contributed by atoms with Crippen molar-refractivity contribution in [2.75, 3.05) is 13.1 Å². The molecule has 0 spiro atoms. The zero-order valence-corrected chi connectivity index (χ0v) is 5.94. The molecule has 1 rings (SSSR count). The smallest absolute Gasteiger partial charge is 0.00109 e. The number of hydrogen-bond acceptors (Lipinski definition) is 1. The van der Waals surface area contributed by atoms with Crippen LogP contribution < -0.4 is 5.32 Å². The van der Waals surface area contributed by atoms with Crippen LogP contribution in [0, 0.1) is 5.92 Å². The molecule has 0 atom stereocenters. The second kappa shape index (κ2) is 4.69. The molecule has 1 heterocycles. The largest absolute Gasteiger partial charge is 0.316 e. The summed E-state index contributed by atoms with van der Waals surface area (Å²) in [6.07, 6.45) is 0. The highest BCUT2D eigenvalue weighted by molar-refractivity contribution is 5.85. The SMILES string of the molecule is CC1CNC1.Cl.Cl. The molecule has 1 nitrogen and oxygen atoms in total. The Morgan fingerprint density at radius 2 is 1.57 bits per heavy atom. The molecular weight excluding hydrogens is 133 g/mol. The van der Waals surface area contributed by atoms with Crippen molar-refractivity contribution in [3.8, 4) is 0 Å². The van der Waals surface area contributed by atoms with Crippen LogP contribution in [0.5, 0.6) is 0 Å². The van der Waals surface area contributed by atoms with E-state index >= 15 is 0 Å². The summed E-state index contributed by atoms with van der Waals surface area (Å²) in [6.45, 7) is 4.72. The van der Waals surface area contributed by atoms with Gasteiger partial charge in [-0.25, -0.2) is 0 Å². The highest BCUT2D eigenvalue weighted by Gasteiger charge is 2.07. The molecule has 0 aromatic carbocycles. The van der Waals surface area contributed by atoms with Gasteiger partial charge in [0.2, 0.25) is 0 Å². The summed E-state index contributed by atoms with van der Waals surface area (Å²) in [5.41, 5.74) is 0. The Labute approximate surface area is 56.7 Å². The molecule has 1 N–H and O–H groups in total. The number of rotatable bonds is 0. The first-order valence-electron chi connectivity index (χ1n) is 2.10. The Morgan fingerprint density at radius 1 is 1.29 bits per heavy atom. The van der Waals surface area contributed by atoms with E-state index in [1.807, 2.05) is 0 Å². The lowest BCUT2D eigenvalue weighted by atomic mass is 10.1. The first-order chi connectivity index (χ1) is 2.39. The maximum Gasteiger partial charge on any atom is -0.00109 e. The average molecular weight is 144 g/mol. The molecule has 1 fully saturated rings. The third kappa shape index (κ3) is 3.15. The molecule has 0 amide bonds. The van der Waals surface area contributed by atoms with Gasteiger partial charge in [0.1, 0.15) is 0 Å². The van der Waals surface area contributed by atoms with Crippen LogP contribution in [0.1, 0.15) is 6.92 Å². The molecule has 46 valence electrons. The van der Waals surface area contributed by atoms with E-state index in [1.54, 1.807) is 0 Å². The van der Waals surface area contributed by atoms with E-state index in [0.29, 0.717) is 0 Å². The first-order valence-corrected chi connectivity index (χ1v) is 2.10. The number of hydrogen-bond donors (Lipinski definition) is 1. The quantitative estimate of drug-likeness (QED) is 0.536. The lowest BCUT2D eigenvalue weighted by Gasteiger charge is -2.21. The lowest BCUT2D eigenvalue weighted by molar-refractivity contribution is 0.379. The third-order valence-corrected chi connectivity index (χ3v) is 0.986. The topological polar surface area (TPSA) is 12.0 Å². The van der Waals surface area contributed by atoms with Crippen LogP contribution in [0.2, 0.25) is 0 Å². The molecule has 7 heavy (non-hydrogen) atoms. The van der Waals surface area contributed by atoms with Crippen LogP contribution in [-0.4, -0.2) is 13.1 Å². The van der Waals surface area contributed by atoms with Gasteiger partial charge in [0.15, 0.2) is 0 Å². The Balaban J connectivity index is 0. The van der Waals surface area contributed by atoms with Crippen LogP contribution in [0.15, 0.2) is 0 Å². The standard InChI is InChI=1S/C4H9N.2ClH/c1-4-2-5-3-4;;/h4-5H,2-3H2,1H3;2*1H. The highest BCUT2D eigenvalue weighted by atomic mass is 35.5. The fraction of sp³-hybridized carbons (Fsp3) is 1.00. The number of halogens is 2. The molecule has 0 saturated carbocycles. The molecule has 0 radical (unpaired) electrons. The van der Waals surface area contributed by atoms with E-state index < -0.39 is 0 Å². The second-order valence-corrected chi connectivity index (χ2v) is 1.76. The monoisotopic (exact) mass is 143 g/mol. The van der Waals surface area contributed by atoms with Crippen molar-refractivity contribution in [3.05, 3.63) is 0 Å². The van der Waals surface area contributed by atoms with E-state index in [1.165, 1.54) is 13.1 Å². The van der Waals surface area contributed by atoms with Crippen molar-refractivity contribution in [2.45, 2.75) is 6.92 Å². The van der Waals surface area contributed by atoms with Crippen molar-refractivity contribution in [2.24, 2.45) is 5.92 Å². The van der Waals surface area contributed by atoms with Crippen molar-refractivity contribution < 1.29 is 0 Å². The van der Waals surface area contributed by atoms with Crippen LogP contribution in [0.3, 0.4) is 0 Å². The van der Waals surface area contributed by atoms with Gasteiger partial charge in [0.05, 0.1) is 0 Å². The van der Waals surface area contributed by atoms with Gasteiger partial charge in [-0.2, -0.15) is 0 Å². The van der Waals surface area contributed by atoms with Crippen LogP contribution in [-0.2, 0) is 0 Å². The van der Waals surface area contributed by atoms with Crippen molar-refractivity contribution in [1.82, 2.24) is 5.32 Å². The van der Waals surface area contributed by atoms with E-state index in [2.05, 4.69) is 12.2 Å². The van der Waals surface area contributed by atoms with Crippen LogP contribution in [0.25, 0.3) is 0 Å². The summed E-state index contributed by atoms with van der Waals surface area (Å²) in [7, 11) is 0. The summed E-state index contributed by atoms with van der Waals surface area (Å²) >= 11 is 0. The maximum atomic E-state index is 3.16. The lowest BCUT2D eigenvalue weighted by Crippen LogP contribution is -2.39. The molecule has 3 heteroatoms. The molecule has 1 saturated heterocycles. The van der Waals surface area contributed by atoms with Gasteiger partial charge in [0.25, 0.3) is 0 Å². The highest BCUT2D eigenvalue weighted by Crippen LogP contribution is 1.96. The minimum Gasteiger partial charge on any atom is -0.316 e. The Morgan fingerprint density at radius 3 is 1.57 bits per heavy atom.